The highest BCUT2D eigenvalue weighted by molar-refractivity contribution is 5.96. The number of amides is 1. The second kappa shape index (κ2) is 5.92. The van der Waals surface area contributed by atoms with Gasteiger partial charge in [0.2, 0.25) is 5.91 Å². The van der Waals surface area contributed by atoms with E-state index < -0.39 is 0 Å². The van der Waals surface area contributed by atoms with Crippen LogP contribution < -0.4 is 10.1 Å². The lowest BCUT2D eigenvalue weighted by atomic mass is 9.90. The van der Waals surface area contributed by atoms with Crippen LogP contribution in [-0.2, 0) is 4.79 Å². The quantitative estimate of drug-likeness (QED) is 0.929. The highest BCUT2D eigenvalue weighted by atomic mass is 16.5. The minimum Gasteiger partial charge on any atom is -0.495 e. The second-order valence-corrected chi connectivity index (χ2v) is 6.94. The van der Waals surface area contributed by atoms with Gasteiger partial charge in [0.1, 0.15) is 5.75 Å². The van der Waals surface area contributed by atoms with Crippen molar-refractivity contribution in [3.05, 3.63) is 24.3 Å². The number of anilines is 1. The summed E-state index contributed by atoms with van der Waals surface area (Å²) in [6.07, 6.45) is 3.34. The Bertz CT molecular complexity index is 548. The van der Waals surface area contributed by atoms with E-state index in [1.807, 2.05) is 24.3 Å². The first kappa shape index (κ1) is 15.3. The number of likely N-dealkylation sites (tertiary alicyclic amines) is 1. The van der Waals surface area contributed by atoms with Crippen molar-refractivity contribution >= 4 is 11.6 Å². The summed E-state index contributed by atoms with van der Waals surface area (Å²) < 4.78 is 5.30. The number of nitrogens with zero attached hydrogens (tertiary/aromatic N) is 1. The number of nitrogens with one attached hydrogen (secondary N) is 1. The predicted octanol–water partition coefficient (Wildman–Crippen LogP) is 3.14. The lowest BCUT2D eigenvalue weighted by Crippen LogP contribution is -2.40. The molecule has 1 aliphatic heterocycles. The number of benzene rings is 1. The van der Waals surface area contributed by atoms with Gasteiger partial charge in [0.05, 0.1) is 12.8 Å². The van der Waals surface area contributed by atoms with Crippen molar-refractivity contribution in [2.45, 2.75) is 39.2 Å². The third kappa shape index (κ3) is 2.84. The monoisotopic (exact) mass is 302 g/mol. The Hall–Kier alpha value is -1.55. The fourth-order valence-corrected chi connectivity index (χ4v) is 3.72. The van der Waals surface area contributed by atoms with Crippen LogP contribution in [0.15, 0.2) is 24.3 Å². The molecule has 4 heteroatoms. The van der Waals surface area contributed by atoms with Gasteiger partial charge in [-0.25, -0.2) is 0 Å². The Morgan fingerprint density at radius 2 is 2.00 bits per heavy atom. The summed E-state index contributed by atoms with van der Waals surface area (Å²) in [7, 11) is 1.63. The van der Waals surface area contributed by atoms with E-state index in [0.29, 0.717) is 6.04 Å². The molecule has 1 saturated heterocycles. The van der Waals surface area contributed by atoms with Gasteiger partial charge in [-0.05, 0) is 63.7 Å². The fourth-order valence-electron chi connectivity index (χ4n) is 3.72. The van der Waals surface area contributed by atoms with E-state index in [2.05, 4.69) is 24.1 Å². The first-order valence-corrected chi connectivity index (χ1v) is 8.24. The van der Waals surface area contributed by atoms with Crippen LogP contribution in [0.5, 0.6) is 5.75 Å². The molecule has 1 aliphatic carbocycles. The molecule has 4 nitrogen and oxygen atoms in total. The highest BCUT2D eigenvalue weighted by Crippen LogP contribution is 2.59. The highest BCUT2D eigenvalue weighted by Gasteiger charge is 2.58. The van der Waals surface area contributed by atoms with Gasteiger partial charge in [0, 0.05) is 12.0 Å². The molecule has 1 aromatic carbocycles. The van der Waals surface area contributed by atoms with E-state index in [1.165, 1.54) is 0 Å². The molecule has 1 N–H and O–H groups in total. The Labute approximate surface area is 132 Å². The number of ether oxygens (including phenoxy) is 1. The molecular weight excluding hydrogens is 276 g/mol. The molecule has 1 unspecified atom stereocenters. The number of methoxy groups -OCH3 is 1. The van der Waals surface area contributed by atoms with Gasteiger partial charge in [0.15, 0.2) is 0 Å². The minimum atomic E-state index is 0.155. The lowest BCUT2D eigenvalue weighted by Gasteiger charge is -2.35. The summed E-state index contributed by atoms with van der Waals surface area (Å²) in [5.41, 5.74) is 1.04. The molecule has 1 atom stereocenters. The van der Waals surface area contributed by atoms with Gasteiger partial charge in [-0.3, -0.25) is 4.79 Å². The number of rotatable bonds is 4. The molecule has 22 heavy (non-hydrogen) atoms. The van der Waals surface area contributed by atoms with Gasteiger partial charge in [0.25, 0.3) is 0 Å². The van der Waals surface area contributed by atoms with Crippen LogP contribution in [0.4, 0.5) is 5.69 Å². The molecule has 1 saturated carbocycles. The Morgan fingerprint density at radius 3 is 2.64 bits per heavy atom. The topological polar surface area (TPSA) is 41.6 Å². The average molecular weight is 302 g/mol. The van der Waals surface area contributed by atoms with Crippen molar-refractivity contribution in [2.24, 2.45) is 11.3 Å². The standard InChI is InChI=1S/C18H26N2O2/c1-13(2)20-10-8-18(9-11-20)12-14(18)17(21)19-15-6-4-5-7-16(15)22-3/h4-7,13-14H,8-12H2,1-3H3,(H,19,21). The second-order valence-electron chi connectivity index (χ2n) is 6.94. The van der Waals surface area contributed by atoms with Crippen LogP contribution in [0.25, 0.3) is 0 Å². The van der Waals surface area contributed by atoms with E-state index in [-0.39, 0.29) is 17.2 Å². The van der Waals surface area contributed by atoms with Gasteiger partial charge in [-0.15, -0.1) is 0 Å². The van der Waals surface area contributed by atoms with Crippen molar-refractivity contribution < 1.29 is 9.53 Å². The van der Waals surface area contributed by atoms with Crippen LogP contribution in [0.2, 0.25) is 0 Å². The molecule has 3 rings (SSSR count). The predicted molar refractivity (Wildman–Crippen MR) is 88.1 cm³/mol. The zero-order chi connectivity index (χ0) is 15.7. The van der Waals surface area contributed by atoms with E-state index in [1.54, 1.807) is 7.11 Å². The van der Waals surface area contributed by atoms with Crippen LogP contribution in [0, 0.1) is 11.3 Å². The zero-order valence-corrected chi connectivity index (χ0v) is 13.8. The van der Waals surface area contributed by atoms with Crippen molar-refractivity contribution in [2.75, 3.05) is 25.5 Å². The van der Waals surface area contributed by atoms with Crippen molar-refractivity contribution in [1.29, 1.82) is 0 Å². The lowest BCUT2D eigenvalue weighted by molar-refractivity contribution is -0.118. The van der Waals surface area contributed by atoms with E-state index in [0.717, 1.165) is 43.8 Å². The summed E-state index contributed by atoms with van der Waals surface area (Å²) >= 11 is 0. The fraction of sp³-hybridized carbons (Fsp3) is 0.611. The van der Waals surface area contributed by atoms with Crippen LogP contribution in [0.1, 0.15) is 33.1 Å². The number of piperidine rings is 1. The summed E-state index contributed by atoms with van der Waals surface area (Å²) in [5.74, 6) is 1.05. The summed E-state index contributed by atoms with van der Waals surface area (Å²) in [5, 5.41) is 3.05. The Morgan fingerprint density at radius 1 is 1.32 bits per heavy atom. The number of para-hydroxylation sites is 2. The largest absolute Gasteiger partial charge is 0.495 e. The third-order valence-electron chi connectivity index (χ3n) is 5.40. The average Bonchev–Trinajstić information content (AvgIpc) is 3.22. The van der Waals surface area contributed by atoms with E-state index in [4.69, 9.17) is 4.74 Å². The molecule has 0 aromatic heterocycles. The van der Waals surface area contributed by atoms with Gasteiger partial charge in [-0.1, -0.05) is 12.1 Å². The Kier molecular flexibility index (Phi) is 4.13. The maximum Gasteiger partial charge on any atom is 0.228 e. The van der Waals surface area contributed by atoms with E-state index >= 15 is 0 Å². The third-order valence-corrected chi connectivity index (χ3v) is 5.40. The van der Waals surface area contributed by atoms with Crippen LogP contribution in [0.3, 0.4) is 0 Å². The summed E-state index contributed by atoms with van der Waals surface area (Å²) in [6.45, 7) is 6.74. The summed E-state index contributed by atoms with van der Waals surface area (Å²) in [6, 6.07) is 8.21. The number of hydrogen-bond donors (Lipinski definition) is 1. The maximum absolute atomic E-state index is 12.6. The van der Waals surface area contributed by atoms with Crippen molar-refractivity contribution in [1.82, 2.24) is 4.90 Å². The molecular formula is C18H26N2O2. The number of carbonyl (C=O) groups is 1. The normalized spacial score (nSPS) is 23.5. The smallest absolute Gasteiger partial charge is 0.228 e. The van der Waals surface area contributed by atoms with Crippen molar-refractivity contribution in [3.8, 4) is 5.75 Å². The van der Waals surface area contributed by atoms with Crippen molar-refractivity contribution in [3.63, 3.8) is 0 Å². The Balaban J connectivity index is 1.59. The minimum absolute atomic E-state index is 0.155. The molecule has 1 aromatic rings. The first-order chi connectivity index (χ1) is 10.6. The van der Waals surface area contributed by atoms with E-state index in [9.17, 15) is 4.79 Å². The van der Waals surface area contributed by atoms with Gasteiger partial charge in [-0.2, -0.15) is 0 Å². The molecule has 1 amide bonds. The number of hydrogen-bond acceptors (Lipinski definition) is 3. The first-order valence-electron chi connectivity index (χ1n) is 8.24. The molecule has 2 aliphatic rings. The molecule has 1 heterocycles. The zero-order valence-electron chi connectivity index (χ0n) is 13.8. The van der Waals surface area contributed by atoms with Crippen LogP contribution >= 0.6 is 0 Å². The van der Waals surface area contributed by atoms with Gasteiger partial charge >= 0.3 is 0 Å². The van der Waals surface area contributed by atoms with Gasteiger partial charge < -0.3 is 15.0 Å². The molecule has 0 radical (unpaired) electrons. The SMILES string of the molecule is COc1ccccc1NC(=O)C1CC12CCN(C(C)C)CC2. The maximum atomic E-state index is 12.6. The molecule has 120 valence electrons. The summed E-state index contributed by atoms with van der Waals surface area (Å²) in [4.78, 5) is 15.1. The molecule has 2 fully saturated rings. The van der Waals surface area contributed by atoms with Crippen LogP contribution in [-0.4, -0.2) is 37.0 Å². The molecule has 1 spiro atoms. The molecule has 0 bridgehead atoms. The number of carbonyl (C=O) groups excluding carboxylic acids is 1.